The number of rotatable bonds is 5. The van der Waals surface area contributed by atoms with Crippen LogP contribution in [0.25, 0.3) is 0 Å². The molecule has 3 rings (SSSR count). The van der Waals surface area contributed by atoms with Crippen LogP contribution in [-0.4, -0.2) is 22.4 Å². The smallest absolute Gasteiger partial charge is 0.224 e. The molecule has 1 heterocycles. The van der Waals surface area contributed by atoms with Gasteiger partial charge in [-0.15, -0.1) is 0 Å². The SMILES string of the molecule is O=CN(c1ccccc1Nc1nc(Cl)ncc1Cl)C1CC1. The van der Waals surface area contributed by atoms with Crippen molar-refractivity contribution in [1.29, 1.82) is 0 Å². The highest BCUT2D eigenvalue weighted by molar-refractivity contribution is 6.33. The maximum Gasteiger partial charge on any atom is 0.224 e. The second-order valence-electron chi connectivity index (χ2n) is 4.72. The number of benzene rings is 1. The van der Waals surface area contributed by atoms with Crippen LogP contribution in [0.3, 0.4) is 0 Å². The van der Waals surface area contributed by atoms with Gasteiger partial charge in [-0.1, -0.05) is 23.7 Å². The lowest BCUT2D eigenvalue weighted by Crippen LogP contribution is -2.24. The van der Waals surface area contributed by atoms with Crippen LogP contribution in [0.5, 0.6) is 0 Å². The zero-order valence-corrected chi connectivity index (χ0v) is 12.5. The zero-order valence-electron chi connectivity index (χ0n) is 11.0. The van der Waals surface area contributed by atoms with Gasteiger partial charge in [-0.25, -0.2) is 4.98 Å². The monoisotopic (exact) mass is 322 g/mol. The van der Waals surface area contributed by atoms with Crippen LogP contribution in [0.15, 0.2) is 30.5 Å². The van der Waals surface area contributed by atoms with E-state index in [4.69, 9.17) is 23.2 Å². The normalized spacial score (nSPS) is 13.8. The van der Waals surface area contributed by atoms with Crippen molar-refractivity contribution in [3.05, 3.63) is 40.8 Å². The zero-order chi connectivity index (χ0) is 14.8. The highest BCUT2D eigenvalue weighted by Gasteiger charge is 2.30. The molecule has 1 N–H and O–H groups in total. The molecule has 1 aromatic carbocycles. The lowest BCUT2D eigenvalue weighted by molar-refractivity contribution is -0.107. The van der Waals surface area contributed by atoms with Crippen LogP contribution in [0.2, 0.25) is 10.3 Å². The van der Waals surface area contributed by atoms with Crippen LogP contribution in [0.1, 0.15) is 12.8 Å². The first-order valence-corrected chi connectivity index (χ1v) is 7.22. The van der Waals surface area contributed by atoms with E-state index in [1.165, 1.54) is 6.20 Å². The number of nitrogens with zero attached hydrogens (tertiary/aromatic N) is 3. The van der Waals surface area contributed by atoms with Crippen molar-refractivity contribution in [1.82, 2.24) is 9.97 Å². The van der Waals surface area contributed by atoms with E-state index in [0.717, 1.165) is 30.6 Å². The van der Waals surface area contributed by atoms with Crippen LogP contribution >= 0.6 is 23.2 Å². The molecule has 0 spiro atoms. The number of anilines is 3. The van der Waals surface area contributed by atoms with E-state index in [9.17, 15) is 4.79 Å². The number of amides is 1. The summed E-state index contributed by atoms with van der Waals surface area (Å²) in [5, 5.41) is 3.58. The van der Waals surface area contributed by atoms with Gasteiger partial charge in [-0.05, 0) is 36.6 Å². The largest absolute Gasteiger partial charge is 0.337 e. The fourth-order valence-corrected chi connectivity index (χ4v) is 2.33. The molecule has 0 radical (unpaired) electrons. The van der Waals surface area contributed by atoms with Gasteiger partial charge in [0.1, 0.15) is 5.02 Å². The van der Waals surface area contributed by atoms with E-state index in [1.807, 2.05) is 24.3 Å². The van der Waals surface area contributed by atoms with Gasteiger partial charge in [0.05, 0.1) is 17.6 Å². The minimum absolute atomic E-state index is 0.105. The van der Waals surface area contributed by atoms with Crippen molar-refractivity contribution in [2.45, 2.75) is 18.9 Å². The fourth-order valence-electron chi connectivity index (χ4n) is 2.06. The van der Waals surface area contributed by atoms with Crippen LogP contribution in [-0.2, 0) is 4.79 Å². The van der Waals surface area contributed by atoms with Gasteiger partial charge in [0.25, 0.3) is 0 Å². The maximum absolute atomic E-state index is 11.3. The third-order valence-electron chi connectivity index (χ3n) is 3.20. The summed E-state index contributed by atoms with van der Waals surface area (Å²) in [6.45, 7) is 0. The second-order valence-corrected chi connectivity index (χ2v) is 5.47. The number of para-hydroxylation sites is 2. The Kier molecular flexibility index (Phi) is 3.94. The van der Waals surface area contributed by atoms with Crippen molar-refractivity contribution >= 4 is 46.8 Å². The van der Waals surface area contributed by atoms with Crippen molar-refractivity contribution in [3.63, 3.8) is 0 Å². The molecule has 2 aromatic rings. The number of nitrogens with one attached hydrogen (secondary N) is 1. The van der Waals surface area contributed by atoms with Gasteiger partial charge in [-0.3, -0.25) is 4.79 Å². The molecule has 21 heavy (non-hydrogen) atoms. The number of aromatic nitrogens is 2. The van der Waals surface area contributed by atoms with E-state index >= 15 is 0 Å². The predicted octanol–water partition coefficient (Wildman–Crippen LogP) is 3.65. The summed E-state index contributed by atoms with van der Waals surface area (Å²) in [6, 6.07) is 7.77. The van der Waals surface area contributed by atoms with Gasteiger partial charge in [0, 0.05) is 6.04 Å². The Bertz CT molecular complexity index is 676. The Balaban J connectivity index is 1.95. The minimum atomic E-state index is 0.105. The summed E-state index contributed by atoms with van der Waals surface area (Å²) < 4.78 is 0. The van der Waals surface area contributed by atoms with E-state index in [0.29, 0.717) is 10.8 Å². The summed E-state index contributed by atoms with van der Waals surface area (Å²) >= 11 is 11.8. The molecule has 0 atom stereocenters. The number of carbonyl (C=O) groups is 1. The summed E-state index contributed by atoms with van der Waals surface area (Å²) in [5.74, 6) is 0.408. The van der Waals surface area contributed by atoms with Crippen molar-refractivity contribution in [2.75, 3.05) is 10.2 Å². The first kappa shape index (κ1) is 14.1. The fraction of sp³-hybridized carbons (Fsp3) is 0.214. The molecule has 1 amide bonds. The molecule has 1 aromatic heterocycles. The summed E-state index contributed by atoms with van der Waals surface area (Å²) in [5.41, 5.74) is 1.54. The molecule has 108 valence electrons. The topological polar surface area (TPSA) is 58.1 Å². The summed E-state index contributed by atoms with van der Waals surface area (Å²) in [6.07, 6.45) is 4.33. The van der Waals surface area contributed by atoms with Crippen LogP contribution in [0, 0.1) is 0 Å². The van der Waals surface area contributed by atoms with E-state index in [2.05, 4.69) is 15.3 Å². The van der Waals surface area contributed by atoms with Crippen molar-refractivity contribution < 1.29 is 4.79 Å². The van der Waals surface area contributed by atoms with Crippen molar-refractivity contribution in [2.24, 2.45) is 0 Å². The van der Waals surface area contributed by atoms with E-state index in [-0.39, 0.29) is 11.3 Å². The molecule has 0 aliphatic heterocycles. The average molecular weight is 323 g/mol. The molecule has 1 fully saturated rings. The van der Waals surface area contributed by atoms with E-state index in [1.54, 1.807) is 4.90 Å². The maximum atomic E-state index is 11.3. The molecule has 5 nitrogen and oxygen atoms in total. The van der Waals surface area contributed by atoms with Gasteiger partial charge in [0.15, 0.2) is 5.82 Å². The van der Waals surface area contributed by atoms with Gasteiger partial charge < -0.3 is 10.2 Å². The Hall–Kier alpha value is -1.85. The highest BCUT2D eigenvalue weighted by atomic mass is 35.5. The average Bonchev–Trinajstić information content (AvgIpc) is 3.30. The molecular weight excluding hydrogens is 311 g/mol. The Morgan fingerprint density at radius 2 is 2.05 bits per heavy atom. The molecule has 0 unspecified atom stereocenters. The summed E-state index contributed by atoms with van der Waals surface area (Å²) in [4.78, 5) is 20.9. The Morgan fingerprint density at radius 1 is 1.29 bits per heavy atom. The molecule has 7 heteroatoms. The predicted molar refractivity (Wildman–Crippen MR) is 83.3 cm³/mol. The number of halogens is 2. The molecule has 1 aliphatic carbocycles. The molecule has 1 aliphatic rings. The van der Waals surface area contributed by atoms with Gasteiger partial charge in [-0.2, -0.15) is 4.98 Å². The van der Waals surface area contributed by atoms with E-state index < -0.39 is 0 Å². The number of carbonyl (C=O) groups excluding carboxylic acids is 1. The number of hydrogen-bond donors (Lipinski definition) is 1. The summed E-state index contributed by atoms with van der Waals surface area (Å²) in [7, 11) is 0. The van der Waals surface area contributed by atoms with Crippen LogP contribution in [0.4, 0.5) is 17.2 Å². The molecule has 1 saturated carbocycles. The number of hydrogen-bond acceptors (Lipinski definition) is 4. The van der Waals surface area contributed by atoms with Crippen molar-refractivity contribution in [3.8, 4) is 0 Å². The standard InChI is InChI=1S/C14H12Cl2N4O/c15-10-7-17-14(16)19-13(10)18-11-3-1-2-4-12(11)20(8-21)9-5-6-9/h1-4,7-9H,5-6H2,(H,17,18,19). The second kappa shape index (κ2) is 5.87. The van der Waals surface area contributed by atoms with Gasteiger partial charge in [0.2, 0.25) is 11.7 Å². The Labute approximate surface area is 131 Å². The molecule has 0 bridgehead atoms. The lowest BCUT2D eigenvalue weighted by atomic mass is 10.2. The first-order chi connectivity index (χ1) is 10.2. The molecular formula is C14H12Cl2N4O. The lowest BCUT2D eigenvalue weighted by Gasteiger charge is -2.21. The van der Waals surface area contributed by atoms with Crippen LogP contribution < -0.4 is 10.2 Å². The third-order valence-corrected chi connectivity index (χ3v) is 3.66. The third kappa shape index (κ3) is 3.09. The molecule has 0 saturated heterocycles. The Morgan fingerprint density at radius 3 is 2.76 bits per heavy atom. The quantitative estimate of drug-likeness (QED) is 0.674. The first-order valence-electron chi connectivity index (χ1n) is 6.47. The van der Waals surface area contributed by atoms with Gasteiger partial charge >= 0.3 is 0 Å². The highest BCUT2D eigenvalue weighted by Crippen LogP contribution is 2.36. The minimum Gasteiger partial charge on any atom is -0.337 e.